The fraction of sp³-hybridized carbons (Fsp3) is 0.400. The van der Waals surface area contributed by atoms with Gasteiger partial charge < -0.3 is 26.3 Å². The molecule has 0 amide bonds. The van der Waals surface area contributed by atoms with Crippen LogP contribution in [0.2, 0.25) is 5.02 Å². The number of fused-ring (bicyclic) bond motifs is 1. The van der Waals surface area contributed by atoms with Gasteiger partial charge in [-0.25, -0.2) is 0 Å². The van der Waals surface area contributed by atoms with Crippen molar-refractivity contribution in [3.8, 4) is 0 Å². The number of rotatable bonds is 8. The summed E-state index contributed by atoms with van der Waals surface area (Å²) < 4.78 is 0. The van der Waals surface area contributed by atoms with E-state index < -0.39 is 0 Å². The van der Waals surface area contributed by atoms with Crippen LogP contribution in [0.3, 0.4) is 0 Å². The molecule has 1 saturated heterocycles. The average Bonchev–Trinajstić information content (AvgIpc) is 3.02. The van der Waals surface area contributed by atoms with Crippen molar-refractivity contribution in [1.29, 1.82) is 0 Å². The van der Waals surface area contributed by atoms with Crippen LogP contribution < -0.4 is 16.4 Å². The largest absolute Gasteiger partial charge is 0.373 e. The Bertz CT molecular complexity index is 782. The quantitative estimate of drug-likeness (QED) is 0.573. The van der Waals surface area contributed by atoms with Crippen molar-refractivity contribution < 1.29 is 0 Å². The third kappa shape index (κ3) is 4.74. The lowest BCUT2D eigenvalue weighted by molar-refractivity contribution is 0.235. The fourth-order valence-electron chi connectivity index (χ4n) is 3.47. The molecule has 1 aromatic carbocycles. The number of benzene rings is 1. The number of piperidine rings is 1. The standard InChI is InChI=1S/C20H28ClN5/c1-14(7-8-22)26-9-3-4-18(13-26)24-15(2)23-12-19-11-16-10-17(21)5-6-20(16)25-19/h5-6,10-11,18,23-25H,1-4,7-9,12-13,22H2. The van der Waals surface area contributed by atoms with Crippen LogP contribution in [0.4, 0.5) is 0 Å². The van der Waals surface area contributed by atoms with E-state index in [2.05, 4.69) is 39.7 Å². The maximum Gasteiger partial charge on any atom is 0.0918 e. The number of nitrogens with zero attached hydrogens (tertiary/aromatic N) is 1. The Kier molecular flexibility index (Phi) is 6.12. The van der Waals surface area contributed by atoms with E-state index in [-0.39, 0.29) is 0 Å². The minimum atomic E-state index is 0.375. The van der Waals surface area contributed by atoms with Crippen molar-refractivity contribution in [2.45, 2.75) is 31.8 Å². The number of nitrogens with two attached hydrogens (primary N) is 1. The Labute approximate surface area is 160 Å². The van der Waals surface area contributed by atoms with E-state index in [0.29, 0.717) is 19.1 Å². The second-order valence-electron chi connectivity index (χ2n) is 6.89. The topological polar surface area (TPSA) is 69.1 Å². The molecule has 5 nitrogen and oxygen atoms in total. The summed E-state index contributed by atoms with van der Waals surface area (Å²) in [6.45, 7) is 11.6. The number of H-pyrrole nitrogens is 1. The molecule has 1 fully saturated rings. The highest BCUT2D eigenvalue weighted by Crippen LogP contribution is 2.20. The first kappa shape index (κ1) is 18.7. The highest BCUT2D eigenvalue weighted by molar-refractivity contribution is 6.31. The van der Waals surface area contributed by atoms with Crippen LogP contribution in [0.15, 0.2) is 48.9 Å². The van der Waals surface area contributed by atoms with Gasteiger partial charge in [0.25, 0.3) is 0 Å². The van der Waals surface area contributed by atoms with E-state index >= 15 is 0 Å². The van der Waals surface area contributed by atoms with Gasteiger partial charge in [0, 0.05) is 46.4 Å². The first-order valence-electron chi connectivity index (χ1n) is 9.14. The summed E-state index contributed by atoms with van der Waals surface area (Å²) in [5.74, 6) is 0.845. The van der Waals surface area contributed by atoms with Gasteiger partial charge in [0.05, 0.1) is 12.4 Å². The smallest absolute Gasteiger partial charge is 0.0918 e. The Balaban J connectivity index is 1.49. The predicted molar refractivity (Wildman–Crippen MR) is 110 cm³/mol. The summed E-state index contributed by atoms with van der Waals surface area (Å²) in [4.78, 5) is 5.73. The zero-order valence-corrected chi connectivity index (χ0v) is 15.9. The van der Waals surface area contributed by atoms with Gasteiger partial charge in [-0.15, -0.1) is 0 Å². The Morgan fingerprint density at radius 1 is 1.35 bits per heavy atom. The number of aromatic amines is 1. The Morgan fingerprint density at radius 3 is 3.00 bits per heavy atom. The molecule has 1 aliphatic rings. The number of hydrogen-bond acceptors (Lipinski definition) is 4. The van der Waals surface area contributed by atoms with E-state index in [0.717, 1.165) is 65.5 Å². The van der Waals surface area contributed by atoms with Crippen molar-refractivity contribution in [1.82, 2.24) is 20.5 Å². The molecule has 0 aliphatic carbocycles. The number of nitrogens with one attached hydrogen (secondary N) is 3. The molecule has 6 heteroatoms. The minimum Gasteiger partial charge on any atom is -0.373 e. The molecule has 1 aliphatic heterocycles. The highest BCUT2D eigenvalue weighted by Gasteiger charge is 2.20. The second kappa shape index (κ2) is 8.52. The second-order valence-corrected chi connectivity index (χ2v) is 7.33. The van der Waals surface area contributed by atoms with E-state index in [4.69, 9.17) is 17.3 Å². The van der Waals surface area contributed by atoms with Gasteiger partial charge >= 0.3 is 0 Å². The van der Waals surface area contributed by atoms with Crippen molar-refractivity contribution in [2.24, 2.45) is 5.73 Å². The maximum absolute atomic E-state index is 6.05. The van der Waals surface area contributed by atoms with Crippen molar-refractivity contribution in [2.75, 3.05) is 19.6 Å². The summed E-state index contributed by atoms with van der Waals surface area (Å²) in [5.41, 5.74) is 8.97. The minimum absolute atomic E-state index is 0.375. The van der Waals surface area contributed by atoms with Gasteiger partial charge in [0.2, 0.25) is 0 Å². The third-order valence-corrected chi connectivity index (χ3v) is 5.05. The molecule has 2 aromatic rings. The highest BCUT2D eigenvalue weighted by atomic mass is 35.5. The first-order valence-corrected chi connectivity index (χ1v) is 9.52. The molecule has 1 unspecified atom stereocenters. The molecule has 0 bridgehead atoms. The van der Waals surface area contributed by atoms with Crippen LogP contribution in [0.25, 0.3) is 10.9 Å². The molecule has 3 rings (SSSR count). The fourth-order valence-corrected chi connectivity index (χ4v) is 3.65. The molecule has 140 valence electrons. The third-order valence-electron chi connectivity index (χ3n) is 4.81. The van der Waals surface area contributed by atoms with Crippen molar-refractivity contribution in [3.05, 3.63) is 59.7 Å². The summed E-state index contributed by atoms with van der Waals surface area (Å²) in [5, 5.41) is 8.73. The number of likely N-dealkylation sites (tertiary alicyclic amines) is 1. The van der Waals surface area contributed by atoms with E-state index in [9.17, 15) is 0 Å². The predicted octanol–water partition coefficient (Wildman–Crippen LogP) is 3.30. The van der Waals surface area contributed by atoms with Gasteiger partial charge in [0.1, 0.15) is 0 Å². The molecule has 1 atom stereocenters. The molecular formula is C20H28ClN5. The summed E-state index contributed by atoms with van der Waals surface area (Å²) in [6.07, 6.45) is 3.14. The Hall–Kier alpha value is -2.11. The van der Waals surface area contributed by atoms with E-state index in [1.54, 1.807) is 0 Å². The zero-order valence-electron chi connectivity index (χ0n) is 15.2. The van der Waals surface area contributed by atoms with Crippen LogP contribution >= 0.6 is 11.6 Å². The summed E-state index contributed by atoms with van der Waals surface area (Å²) in [6, 6.07) is 8.35. The van der Waals surface area contributed by atoms with Crippen LogP contribution in [0, 0.1) is 0 Å². The van der Waals surface area contributed by atoms with Crippen LogP contribution in [0.5, 0.6) is 0 Å². The van der Waals surface area contributed by atoms with Crippen molar-refractivity contribution >= 4 is 22.5 Å². The normalized spacial score (nSPS) is 17.3. The van der Waals surface area contributed by atoms with Crippen LogP contribution in [0.1, 0.15) is 25.0 Å². The summed E-state index contributed by atoms with van der Waals surface area (Å²) >= 11 is 6.05. The van der Waals surface area contributed by atoms with E-state index in [1.165, 1.54) is 0 Å². The molecule has 2 heterocycles. The van der Waals surface area contributed by atoms with Gasteiger partial charge in [-0.05, 0) is 50.1 Å². The monoisotopic (exact) mass is 373 g/mol. The molecule has 0 radical (unpaired) electrons. The maximum atomic E-state index is 6.05. The Morgan fingerprint density at radius 2 is 2.19 bits per heavy atom. The van der Waals surface area contributed by atoms with E-state index in [1.807, 2.05) is 18.2 Å². The van der Waals surface area contributed by atoms with Gasteiger partial charge in [0.15, 0.2) is 0 Å². The summed E-state index contributed by atoms with van der Waals surface area (Å²) in [7, 11) is 0. The molecule has 0 saturated carbocycles. The van der Waals surface area contributed by atoms with Crippen molar-refractivity contribution in [3.63, 3.8) is 0 Å². The van der Waals surface area contributed by atoms with Crippen LogP contribution in [-0.2, 0) is 6.54 Å². The van der Waals surface area contributed by atoms with Crippen LogP contribution in [-0.4, -0.2) is 35.6 Å². The SMILES string of the molecule is C=C(NCc1cc2cc(Cl)ccc2[nH]1)NC1CCCN(C(=C)CCN)C1. The lowest BCUT2D eigenvalue weighted by Crippen LogP contribution is -2.46. The molecule has 1 aromatic heterocycles. The molecule has 5 N–H and O–H groups in total. The zero-order chi connectivity index (χ0) is 18.5. The number of hydrogen-bond donors (Lipinski definition) is 4. The van der Waals surface area contributed by atoms with Gasteiger partial charge in [-0.3, -0.25) is 0 Å². The molecule has 0 spiro atoms. The lowest BCUT2D eigenvalue weighted by Gasteiger charge is -2.36. The lowest BCUT2D eigenvalue weighted by atomic mass is 10.0. The van der Waals surface area contributed by atoms with Gasteiger partial charge in [-0.1, -0.05) is 24.8 Å². The molecule has 26 heavy (non-hydrogen) atoms. The first-order chi connectivity index (χ1) is 12.5. The molecular weight excluding hydrogens is 346 g/mol. The van der Waals surface area contributed by atoms with Gasteiger partial charge in [-0.2, -0.15) is 0 Å². The number of aromatic nitrogens is 1. The number of halogens is 1. The average molecular weight is 374 g/mol.